The average molecular weight is 424 g/mol. The molecule has 6 heteroatoms. The van der Waals surface area contributed by atoms with Gasteiger partial charge in [0, 0.05) is 17.3 Å². The normalized spacial score (nSPS) is 12.0. The number of thioether (sulfide) groups is 1. The molecule has 0 saturated heterocycles. The third-order valence-corrected chi connectivity index (χ3v) is 5.74. The maximum Gasteiger partial charge on any atom is 0.125 e. The van der Waals surface area contributed by atoms with Crippen molar-refractivity contribution >= 4 is 33.4 Å². The fraction of sp³-hybridized carbons (Fsp3) is 0.263. The predicted molar refractivity (Wildman–Crippen MR) is 110 cm³/mol. The highest BCUT2D eigenvalue weighted by Crippen LogP contribution is 2.33. The summed E-state index contributed by atoms with van der Waals surface area (Å²) in [5, 5.41) is 2.95. The van der Waals surface area contributed by atoms with Crippen molar-refractivity contribution in [3.05, 3.63) is 75.0 Å². The molecule has 0 fully saturated rings. The van der Waals surface area contributed by atoms with Gasteiger partial charge in [-0.3, -0.25) is 5.01 Å². The van der Waals surface area contributed by atoms with E-state index in [0.717, 1.165) is 27.4 Å². The van der Waals surface area contributed by atoms with Crippen LogP contribution in [0, 0.1) is 5.82 Å². The maximum absolute atomic E-state index is 13.7. The molecule has 0 aliphatic heterocycles. The molecule has 25 heavy (non-hydrogen) atoms. The zero-order valence-corrected chi connectivity index (χ0v) is 17.0. The molecular formula is C19H23BrFN3S. The third kappa shape index (κ3) is 5.57. The molecule has 0 bridgehead atoms. The number of anilines is 1. The van der Waals surface area contributed by atoms with E-state index in [2.05, 4.69) is 46.8 Å². The predicted octanol–water partition coefficient (Wildman–Crippen LogP) is 5.61. The van der Waals surface area contributed by atoms with Gasteiger partial charge in [-0.15, -0.1) is 11.8 Å². The minimum Gasteiger partial charge on any atom is -0.257 e. The van der Waals surface area contributed by atoms with Gasteiger partial charge in [0.25, 0.3) is 0 Å². The Bertz CT molecular complexity index is 736. The minimum absolute atomic E-state index is 0.260. The van der Waals surface area contributed by atoms with Gasteiger partial charge >= 0.3 is 0 Å². The molecule has 0 aliphatic carbocycles. The molecule has 0 atom stereocenters. The maximum atomic E-state index is 13.7. The van der Waals surface area contributed by atoms with Gasteiger partial charge in [-0.05, 0) is 48.7 Å². The summed E-state index contributed by atoms with van der Waals surface area (Å²) in [6.07, 6.45) is 0.912. The van der Waals surface area contributed by atoms with E-state index in [1.54, 1.807) is 24.9 Å². The lowest BCUT2D eigenvalue weighted by atomic mass is 10.2. The number of nitrogens with one attached hydrogen (secondary N) is 2. The molecule has 0 saturated carbocycles. The summed E-state index contributed by atoms with van der Waals surface area (Å²) < 4.78 is 14.8. The van der Waals surface area contributed by atoms with Gasteiger partial charge in [0.1, 0.15) is 5.82 Å². The second kappa shape index (κ2) is 9.97. The van der Waals surface area contributed by atoms with E-state index in [1.807, 2.05) is 29.3 Å². The molecule has 0 spiro atoms. The Morgan fingerprint density at radius 3 is 2.60 bits per heavy atom. The molecule has 3 nitrogen and oxygen atoms in total. The Labute approximate surface area is 161 Å². The van der Waals surface area contributed by atoms with E-state index in [4.69, 9.17) is 0 Å². The Kier molecular flexibility index (Phi) is 7.96. The zero-order chi connectivity index (χ0) is 18.2. The van der Waals surface area contributed by atoms with Crippen LogP contribution in [0.15, 0.2) is 63.6 Å². The summed E-state index contributed by atoms with van der Waals surface area (Å²) in [6.45, 7) is 4.23. The molecule has 2 aromatic carbocycles. The number of hydrogen-bond donors (Lipinski definition) is 2. The summed E-state index contributed by atoms with van der Waals surface area (Å²) in [4.78, 5) is 0. The van der Waals surface area contributed by atoms with E-state index in [9.17, 15) is 4.39 Å². The minimum atomic E-state index is -0.260. The Hall–Kier alpha value is -1.34. The van der Waals surface area contributed by atoms with Crippen molar-refractivity contribution in [2.24, 2.45) is 0 Å². The summed E-state index contributed by atoms with van der Waals surface area (Å²) in [5.41, 5.74) is 9.26. The van der Waals surface area contributed by atoms with E-state index in [1.165, 1.54) is 23.3 Å². The molecular weight excluding hydrogens is 401 g/mol. The van der Waals surface area contributed by atoms with Gasteiger partial charge in [0.15, 0.2) is 0 Å². The zero-order valence-electron chi connectivity index (χ0n) is 14.6. The second-order valence-corrected chi connectivity index (χ2v) is 7.31. The van der Waals surface area contributed by atoms with Crippen molar-refractivity contribution in [2.75, 3.05) is 12.1 Å². The van der Waals surface area contributed by atoms with Crippen molar-refractivity contribution in [3.63, 3.8) is 0 Å². The lowest BCUT2D eigenvalue weighted by Crippen LogP contribution is -2.44. The second-order valence-electron chi connectivity index (χ2n) is 5.50. The molecule has 0 amide bonds. The summed E-state index contributed by atoms with van der Waals surface area (Å²) >= 11 is 5.32. The van der Waals surface area contributed by atoms with Gasteiger partial charge in [0.2, 0.25) is 0 Å². The highest BCUT2D eigenvalue weighted by atomic mass is 79.9. The van der Waals surface area contributed by atoms with Gasteiger partial charge in [0.05, 0.1) is 10.7 Å². The van der Waals surface area contributed by atoms with Gasteiger partial charge in [-0.25, -0.2) is 9.82 Å². The van der Waals surface area contributed by atoms with Crippen LogP contribution < -0.4 is 16.0 Å². The first-order valence-electron chi connectivity index (χ1n) is 8.10. The molecule has 0 radical (unpaired) electrons. The first-order valence-corrected chi connectivity index (χ1v) is 9.88. The molecule has 2 aromatic rings. The number of hydrazine groups is 2. The highest BCUT2D eigenvalue weighted by Gasteiger charge is 2.16. The molecule has 2 rings (SSSR count). The average Bonchev–Trinajstić information content (AvgIpc) is 2.62. The number of hydrogen-bond acceptors (Lipinski definition) is 4. The van der Waals surface area contributed by atoms with Gasteiger partial charge in [-0.1, -0.05) is 47.1 Å². The van der Waals surface area contributed by atoms with Crippen molar-refractivity contribution in [3.8, 4) is 0 Å². The Balaban J connectivity index is 2.32. The smallest absolute Gasteiger partial charge is 0.125 e. The molecule has 0 aromatic heterocycles. The molecule has 0 heterocycles. The first kappa shape index (κ1) is 20.0. The van der Waals surface area contributed by atoms with Crippen molar-refractivity contribution in [1.82, 2.24) is 11.0 Å². The quantitative estimate of drug-likeness (QED) is 0.539. The highest BCUT2D eigenvalue weighted by molar-refractivity contribution is 9.10. The standard InChI is InChI=1S/C19H23BrFN3S/c1-4-14(2)19(25-13-15-8-5-6-11-18(15)20)24(23-22-3)17-10-7-9-16(21)12-17/h5-12,22-23H,4,13H2,1-3H3/b19-14-. The van der Waals surface area contributed by atoms with E-state index in [-0.39, 0.29) is 5.82 Å². The lowest BCUT2D eigenvalue weighted by molar-refractivity contribution is 0.591. The number of allylic oxidation sites excluding steroid dienone is 1. The molecule has 0 unspecified atom stereocenters. The van der Waals surface area contributed by atoms with Crippen LogP contribution in [0.3, 0.4) is 0 Å². The van der Waals surface area contributed by atoms with Crippen LogP contribution in [0.1, 0.15) is 25.8 Å². The topological polar surface area (TPSA) is 27.3 Å². The summed E-state index contributed by atoms with van der Waals surface area (Å²) in [6, 6.07) is 14.8. The third-order valence-electron chi connectivity index (χ3n) is 3.71. The van der Waals surface area contributed by atoms with Crippen LogP contribution in [0.5, 0.6) is 0 Å². The van der Waals surface area contributed by atoms with Crippen molar-refractivity contribution < 1.29 is 4.39 Å². The number of benzene rings is 2. The SMILES string of the molecule is CC/C(C)=C(\SCc1ccccc1Br)N(NNC)c1cccc(F)c1. The fourth-order valence-electron chi connectivity index (χ4n) is 2.25. The van der Waals surface area contributed by atoms with Crippen molar-refractivity contribution in [1.29, 1.82) is 0 Å². The summed E-state index contributed by atoms with van der Waals surface area (Å²) in [5.74, 6) is 0.551. The molecule has 134 valence electrons. The van der Waals surface area contributed by atoms with Crippen LogP contribution in [-0.4, -0.2) is 7.05 Å². The van der Waals surface area contributed by atoms with E-state index < -0.39 is 0 Å². The summed E-state index contributed by atoms with van der Waals surface area (Å²) in [7, 11) is 1.80. The molecule has 0 aliphatic rings. The fourth-order valence-corrected chi connectivity index (χ4v) is 4.08. The van der Waals surface area contributed by atoms with Gasteiger partial charge < -0.3 is 0 Å². The number of rotatable bonds is 8. The largest absolute Gasteiger partial charge is 0.257 e. The van der Waals surface area contributed by atoms with Crippen LogP contribution in [0.2, 0.25) is 0 Å². The van der Waals surface area contributed by atoms with E-state index >= 15 is 0 Å². The Morgan fingerprint density at radius 1 is 1.20 bits per heavy atom. The lowest BCUT2D eigenvalue weighted by Gasteiger charge is -2.29. The number of halogens is 2. The molecule has 2 N–H and O–H groups in total. The first-order chi connectivity index (χ1) is 12.1. The van der Waals surface area contributed by atoms with Crippen LogP contribution in [0.4, 0.5) is 10.1 Å². The van der Waals surface area contributed by atoms with Crippen LogP contribution in [-0.2, 0) is 5.75 Å². The van der Waals surface area contributed by atoms with E-state index in [0.29, 0.717) is 0 Å². The van der Waals surface area contributed by atoms with Crippen LogP contribution in [0.25, 0.3) is 0 Å². The van der Waals surface area contributed by atoms with Gasteiger partial charge in [-0.2, -0.15) is 5.53 Å². The van der Waals surface area contributed by atoms with Crippen LogP contribution >= 0.6 is 27.7 Å². The monoisotopic (exact) mass is 423 g/mol. The van der Waals surface area contributed by atoms with Crippen molar-refractivity contribution in [2.45, 2.75) is 26.0 Å². The number of nitrogens with zero attached hydrogens (tertiary/aromatic N) is 1. The Morgan fingerprint density at radius 2 is 1.96 bits per heavy atom.